The van der Waals surface area contributed by atoms with Crippen LogP contribution in [0.4, 0.5) is 0 Å². The Kier molecular flexibility index (Phi) is 2.90. The molecule has 0 bridgehead atoms. The molecule has 0 aromatic heterocycles. The maximum Gasteiger partial charge on any atom is 0.145 e. The fourth-order valence-electron chi connectivity index (χ4n) is 0.864. The topological polar surface area (TPSA) is 26.3 Å². The van der Waals surface area contributed by atoms with E-state index in [1.807, 2.05) is 6.08 Å². The summed E-state index contributed by atoms with van der Waals surface area (Å²) in [5.74, 6) is 0. The van der Waals surface area contributed by atoms with Crippen molar-refractivity contribution in [3.8, 4) is 0 Å². The van der Waals surface area contributed by atoms with E-state index in [1.54, 1.807) is 0 Å². The molecule has 0 spiro atoms. The van der Waals surface area contributed by atoms with E-state index >= 15 is 0 Å². The molecule has 0 amide bonds. The van der Waals surface area contributed by atoms with Crippen molar-refractivity contribution in [1.29, 1.82) is 0 Å². The van der Waals surface area contributed by atoms with Gasteiger partial charge in [-0.1, -0.05) is 17.7 Å². The second-order valence-electron chi connectivity index (χ2n) is 2.17. The van der Waals surface area contributed by atoms with Crippen molar-refractivity contribution in [3.05, 3.63) is 11.6 Å². The zero-order chi connectivity index (χ0) is 7.40. The first kappa shape index (κ1) is 7.76. The molecule has 0 saturated carbocycles. The summed E-state index contributed by atoms with van der Waals surface area (Å²) in [6.07, 6.45) is 4.03. The Bertz CT molecular complexity index is 154. The summed E-state index contributed by atoms with van der Waals surface area (Å²) in [5, 5.41) is 0. The van der Waals surface area contributed by atoms with Gasteiger partial charge < -0.3 is 4.74 Å². The molecule has 56 valence electrons. The SMILES string of the molecule is O=CC1=CCCOC(Cl)C1. The molecule has 0 N–H and O–H groups in total. The van der Waals surface area contributed by atoms with E-state index in [0.29, 0.717) is 13.0 Å². The van der Waals surface area contributed by atoms with Crippen molar-refractivity contribution in [2.45, 2.75) is 18.4 Å². The van der Waals surface area contributed by atoms with Gasteiger partial charge in [0.05, 0.1) is 6.61 Å². The maximum atomic E-state index is 10.3. The van der Waals surface area contributed by atoms with Gasteiger partial charge in [-0.2, -0.15) is 0 Å². The van der Waals surface area contributed by atoms with Crippen LogP contribution in [0.15, 0.2) is 11.6 Å². The third kappa shape index (κ3) is 2.12. The molecule has 10 heavy (non-hydrogen) atoms. The second-order valence-corrected chi connectivity index (χ2v) is 2.66. The molecule has 0 aromatic rings. The van der Waals surface area contributed by atoms with E-state index in [-0.39, 0.29) is 5.56 Å². The monoisotopic (exact) mass is 160 g/mol. The first-order valence-electron chi connectivity index (χ1n) is 3.23. The molecular weight excluding hydrogens is 152 g/mol. The summed E-state index contributed by atoms with van der Waals surface area (Å²) in [5.41, 5.74) is 0.427. The highest BCUT2D eigenvalue weighted by Crippen LogP contribution is 2.15. The Morgan fingerprint density at radius 3 is 3.30 bits per heavy atom. The third-order valence-electron chi connectivity index (χ3n) is 1.37. The van der Waals surface area contributed by atoms with E-state index in [9.17, 15) is 4.79 Å². The standard InChI is InChI=1S/C7H9ClO2/c8-7-4-6(5-9)2-1-3-10-7/h2,5,7H,1,3-4H2. The predicted octanol–water partition coefficient (Wildman–Crippen LogP) is 1.49. The summed E-state index contributed by atoms with van der Waals surface area (Å²) in [4.78, 5) is 10.3. The molecule has 1 rings (SSSR count). The Labute approximate surface area is 64.8 Å². The number of rotatable bonds is 1. The van der Waals surface area contributed by atoms with Crippen LogP contribution in [0.1, 0.15) is 12.8 Å². The van der Waals surface area contributed by atoms with Gasteiger partial charge in [-0.25, -0.2) is 0 Å². The summed E-state index contributed by atoms with van der Waals surface area (Å²) in [6.45, 7) is 0.617. The van der Waals surface area contributed by atoms with Crippen LogP contribution < -0.4 is 0 Å². The summed E-state index contributed by atoms with van der Waals surface area (Å²) in [6, 6.07) is 0. The fourth-order valence-corrected chi connectivity index (χ4v) is 1.13. The lowest BCUT2D eigenvalue weighted by Gasteiger charge is -2.04. The number of alkyl halides is 1. The highest BCUT2D eigenvalue weighted by Gasteiger charge is 2.10. The van der Waals surface area contributed by atoms with Gasteiger partial charge in [0.25, 0.3) is 0 Å². The van der Waals surface area contributed by atoms with Gasteiger partial charge in [-0.3, -0.25) is 4.79 Å². The molecule has 3 heteroatoms. The van der Waals surface area contributed by atoms with Crippen LogP contribution in [0.25, 0.3) is 0 Å². The molecule has 1 unspecified atom stereocenters. The average Bonchev–Trinajstić information content (AvgIpc) is 2.13. The minimum atomic E-state index is -0.320. The molecule has 1 aliphatic rings. The molecule has 1 atom stereocenters. The highest BCUT2D eigenvalue weighted by atomic mass is 35.5. The zero-order valence-electron chi connectivity index (χ0n) is 5.55. The summed E-state index contributed by atoms with van der Waals surface area (Å²) in [7, 11) is 0. The van der Waals surface area contributed by atoms with Crippen LogP contribution in [0.2, 0.25) is 0 Å². The van der Waals surface area contributed by atoms with Gasteiger partial charge in [-0.15, -0.1) is 0 Å². The molecule has 0 fully saturated rings. The number of halogens is 1. The van der Waals surface area contributed by atoms with Gasteiger partial charge in [0.15, 0.2) is 0 Å². The third-order valence-corrected chi connectivity index (χ3v) is 1.65. The number of carbonyl (C=O) groups is 1. The van der Waals surface area contributed by atoms with E-state index in [1.165, 1.54) is 0 Å². The molecule has 1 heterocycles. The molecule has 0 aromatic carbocycles. The van der Waals surface area contributed by atoms with Crippen molar-refractivity contribution < 1.29 is 9.53 Å². The Hall–Kier alpha value is -0.340. The van der Waals surface area contributed by atoms with Crippen molar-refractivity contribution in [2.24, 2.45) is 0 Å². The second kappa shape index (κ2) is 3.74. The molecular formula is C7H9ClO2. The first-order valence-corrected chi connectivity index (χ1v) is 3.66. The normalized spacial score (nSPS) is 26.9. The van der Waals surface area contributed by atoms with Crippen LogP contribution in [0.3, 0.4) is 0 Å². The van der Waals surface area contributed by atoms with Crippen molar-refractivity contribution >= 4 is 17.9 Å². The van der Waals surface area contributed by atoms with Crippen molar-refractivity contribution in [1.82, 2.24) is 0 Å². The molecule has 1 aliphatic heterocycles. The fraction of sp³-hybridized carbons (Fsp3) is 0.571. The lowest BCUT2D eigenvalue weighted by molar-refractivity contribution is -0.105. The lowest BCUT2D eigenvalue weighted by atomic mass is 10.2. The van der Waals surface area contributed by atoms with Crippen LogP contribution in [-0.2, 0) is 9.53 Å². The van der Waals surface area contributed by atoms with Crippen LogP contribution in [-0.4, -0.2) is 18.5 Å². The minimum absolute atomic E-state index is 0.320. The Balaban J connectivity index is 2.53. The molecule has 2 nitrogen and oxygen atoms in total. The number of carbonyl (C=O) groups excluding carboxylic acids is 1. The van der Waals surface area contributed by atoms with E-state index < -0.39 is 0 Å². The van der Waals surface area contributed by atoms with Crippen LogP contribution >= 0.6 is 11.6 Å². The minimum Gasteiger partial charge on any atom is -0.362 e. The molecule has 0 aliphatic carbocycles. The number of aldehydes is 1. The predicted molar refractivity (Wildman–Crippen MR) is 39.0 cm³/mol. The quantitative estimate of drug-likeness (QED) is 0.429. The lowest BCUT2D eigenvalue weighted by Crippen LogP contribution is -2.04. The Morgan fingerprint density at radius 2 is 2.60 bits per heavy atom. The zero-order valence-corrected chi connectivity index (χ0v) is 6.30. The molecule has 0 saturated heterocycles. The Morgan fingerprint density at radius 1 is 1.80 bits per heavy atom. The average molecular weight is 161 g/mol. The van der Waals surface area contributed by atoms with Gasteiger partial charge in [0.1, 0.15) is 11.8 Å². The van der Waals surface area contributed by atoms with Gasteiger partial charge in [-0.05, 0) is 12.0 Å². The highest BCUT2D eigenvalue weighted by molar-refractivity contribution is 6.20. The largest absolute Gasteiger partial charge is 0.362 e. The van der Waals surface area contributed by atoms with E-state index in [2.05, 4.69) is 0 Å². The van der Waals surface area contributed by atoms with Crippen molar-refractivity contribution in [3.63, 3.8) is 0 Å². The van der Waals surface area contributed by atoms with Crippen LogP contribution in [0.5, 0.6) is 0 Å². The number of hydrogen-bond acceptors (Lipinski definition) is 2. The van der Waals surface area contributed by atoms with Crippen LogP contribution in [0, 0.1) is 0 Å². The van der Waals surface area contributed by atoms with E-state index in [0.717, 1.165) is 18.3 Å². The number of hydrogen-bond donors (Lipinski definition) is 0. The molecule has 0 radical (unpaired) electrons. The summed E-state index contributed by atoms with van der Waals surface area (Å²) >= 11 is 5.67. The number of ether oxygens (including phenoxy) is 1. The van der Waals surface area contributed by atoms with Gasteiger partial charge in [0.2, 0.25) is 0 Å². The first-order chi connectivity index (χ1) is 4.83. The van der Waals surface area contributed by atoms with Crippen molar-refractivity contribution in [2.75, 3.05) is 6.61 Å². The van der Waals surface area contributed by atoms with Gasteiger partial charge in [0, 0.05) is 6.42 Å². The smallest absolute Gasteiger partial charge is 0.145 e. The van der Waals surface area contributed by atoms with Gasteiger partial charge >= 0.3 is 0 Å². The maximum absolute atomic E-state index is 10.3. The van der Waals surface area contributed by atoms with E-state index in [4.69, 9.17) is 16.3 Å². The summed E-state index contributed by atoms with van der Waals surface area (Å²) < 4.78 is 5.09.